The number of aromatic nitrogens is 3. The number of fused-ring (bicyclic) bond motifs is 1. The summed E-state index contributed by atoms with van der Waals surface area (Å²) in [6.07, 6.45) is 1.62. The molecule has 0 amide bonds. The summed E-state index contributed by atoms with van der Waals surface area (Å²) in [5.74, 6) is 1.38. The first kappa shape index (κ1) is 11.7. The van der Waals surface area contributed by atoms with Gasteiger partial charge in [0.05, 0.1) is 16.1 Å². The van der Waals surface area contributed by atoms with Crippen LogP contribution in [0.1, 0.15) is 5.82 Å². The molecule has 0 spiro atoms. The van der Waals surface area contributed by atoms with Crippen LogP contribution in [0.3, 0.4) is 0 Å². The highest BCUT2D eigenvalue weighted by Crippen LogP contribution is 2.38. The number of hydrogen-bond donors (Lipinski definition) is 0. The van der Waals surface area contributed by atoms with Crippen LogP contribution < -0.4 is 0 Å². The molecule has 3 rings (SSSR count). The summed E-state index contributed by atoms with van der Waals surface area (Å²) in [5, 5.41) is 1.46. The first-order valence-corrected chi connectivity index (χ1v) is 6.48. The fourth-order valence-electron chi connectivity index (χ4n) is 1.94. The van der Waals surface area contributed by atoms with Gasteiger partial charge in [-0.1, -0.05) is 11.6 Å². The quantitative estimate of drug-likeness (QED) is 0.680. The van der Waals surface area contributed by atoms with Gasteiger partial charge in [-0.15, -0.1) is 0 Å². The van der Waals surface area contributed by atoms with E-state index in [1.54, 1.807) is 6.26 Å². The summed E-state index contributed by atoms with van der Waals surface area (Å²) < 4.78 is 8.03. The molecule has 0 atom stereocenters. The second kappa shape index (κ2) is 4.10. The van der Waals surface area contributed by atoms with Gasteiger partial charge in [0.1, 0.15) is 22.3 Å². The molecule has 0 saturated carbocycles. The number of nitrogens with zero attached hydrogens (tertiary/aromatic N) is 3. The van der Waals surface area contributed by atoms with Crippen LogP contribution in [0.4, 0.5) is 0 Å². The molecule has 0 aliphatic carbocycles. The monoisotopic (exact) mass is 325 g/mol. The molecule has 0 aromatic carbocycles. The standard InChI is InChI=1S/C12H9BrClN3O/c1-6-15-10(7-4-3-5-18-7)8-9(13)11(14)17(2)12(8)16-6/h3-5H,1-2H3. The number of rotatable bonds is 1. The maximum Gasteiger partial charge on any atom is 0.153 e. The van der Waals surface area contributed by atoms with Crippen LogP contribution in [-0.4, -0.2) is 14.5 Å². The fourth-order valence-corrected chi connectivity index (χ4v) is 2.74. The van der Waals surface area contributed by atoms with Crippen molar-refractivity contribution in [2.45, 2.75) is 6.92 Å². The van der Waals surface area contributed by atoms with E-state index in [1.807, 2.05) is 30.7 Å². The molecule has 4 nitrogen and oxygen atoms in total. The van der Waals surface area contributed by atoms with Gasteiger partial charge in [-0.05, 0) is 35.0 Å². The molecule has 0 bridgehead atoms. The average molecular weight is 327 g/mol. The lowest BCUT2D eigenvalue weighted by Gasteiger charge is -2.02. The molecule has 3 aromatic rings. The van der Waals surface area contributed by atoms with Gasteiger partial charge in [0, 0.05) is 7.05 Å². The van der Waals surface area contributed by atoms with Crippen LogP contribution in [0.15, 0.2) is 27.3 Å². The summed E-state index contributed by atoms with van der Waals surface area (Å²) in [5.41, 5.74) is 1.53. The zero-order valence-electron chi connectivity index (χ0n) is 9.74. The second-order valence-electron chi connectivity index (χ2n) is 3.96. The Morgan fingerprint density at radius 2 is 2.17 bits per heavy atom. The van der Waals surface area contributed by atoms with E-state index in [9.17, 15) is 0 Å². The van der Waals surface area contributed by atoms with E-state index in [4.69, 9.17) is 16.0 Å². The molecule has 0 N–H and O–H groups in total. The summed E-state index contributed by atoms with van der Waals surface area (Å²) in [6.45, 7) is 1.85. The van der Waals surface area contributed by atoms with Crippen molar-refractivity contribution in [3.8, 4) is 11.5 Å². The Morgan fingerprint density at radius 3 is 2.83 bits per heavy atom. The van der Waals surface area contributed by atoms with E-state index in [0.717, 1.165) is 21.2 Å². The zero-order chi connectivity index (χ0) is 12.9. The first-order valence-electron chi connectivity index (χ1n) is 5.31. The summed E-state index contributed by atoms with van der Waals surface area (Å²) in [6, 6.07) is 3.70. The predicted octanol–water partition coefficient (Wildman–Crippen LogP) is 3.95. The van der Waals surface area contributed by atoms with Crippen molar-refractivity contribution in [1.29, 1.82) is 0 Å². The number of halogens is 2. The highest BCUT2D eigenvalue weighted by Gasteiger charge is 2.20. The largest absolute Gasteiger partial charge is 0.463 e. The molecule has 3 heterocycles. The van der Waals surface area contributed by atoms with E-state index >= 15 is 0 Å². The molecule has 0 saturated heterocycles. The third kappa shape index (κ3) is 1.58. The van der Waals surface area contributed by atoms with Gasteiger partial charge in [-0.2, -0.15) is 0 Å². The topological polar surface area (TPSA) is 43.9 Å². The van der Waals surface area contributed by atoms with Crippen molar-refractivity contribution in [3.63, 3.8) is 0 Å². The van der Waals surface area contributed by atoms with Crippen LogP contribution in [0.25, 0.3) is 22.5 Å². The van der Waals surface area contributed by atoms with Crippen LogP contribution in [-0.2, 0) is 7.05 Å². The Morgan fingerprint density at radius 1 is 1.39 bits per heavy atom. The number of hydrogen-bond acceptors (Lipinski definition) is 3. The predicted molar refractivity (Wildman–Crippen MR) is 73.7 cm³/mol. The molecular formula is C12H9BrClN3O. The van der Waals surface area contributed by atoms with Crippen LogP contribution in [0, 0.1) is 6.92 Å². The molecule has 0 aliphatic rings. The van der Waals surface area contributed by atoms with Gasteiger partial charge in [0.15, 0.2) is 5.76 Å². The molecular weight excluding hydrogens is 318 g/mol. The highest BCUT2D eigenvalue weighted by molar-refractivity contribution is 9.10. The minimum absolute atomic E-state index is 0.595. The van der Waals surface area contributed by atoms with Crippen LogP contribution in [0.2, 0.25) is 5.15 Å². The van der Waals surface area contributed by atoms with Crippen LogP contribution in [0.5, 0.6) is 0 Å². The summed E-state index contributed by atoms with van der Waals surface area (Å²) in [4.78, 5) is 8.88. The van der Waals surface area contributed by atoms with Crippen LogP contribution >= 0.6 is 27.5 Å². The Kier molecular flexibility index (Phi) is 2.68. The molecule has 0 unspecified atom stereocenters. The molecule has 18 heavy (non-hydrogen) atoms. The third-order valence-corrected chi connectivity index (χ3v) is 4.21. The second-order valence-corrected chi connectivity index (χ2v) is 5.11. The van der Waals surface area contributed by atoms with Crippen molar-refractivity contribution in [3.05, 3.63) is 33.8 Å². The Hall–Kier alpha value is -1.33. The third-order valence-electron chi connectivity index (χ3n) is 2.77. The minimum atomic E-state index is 0.595. The fraction of sp³-hybridized carbons (Fsp3) is 0.167. The molecule has 0 radical (unpaired) electrons. The minimum Gasteiger partial charge on any atom is -0.463 e. The van der Waals surface area contributed by atoms with Gasteiger partial charge >= 0.3 is 0 Å². The summed E-state index contributed by atoms with van der Waals surface area (Å²) >= 11 is 9.71. The van der Waals surface area contributed by atoms with Crippen molar-refractivity contribution >= 4 is 38.6 Å². The normalized spacial score (nSPS) is 11.3. The maximum atomic E-state index is 6.22. The van der Waals surface area contributed by atoms with E-state index < -0.39 is 0 Å². The number of aryl methyl sites for hydroxylation is 2. The zero-order valence-corrected chi connectivity index (χ0v) is 12.1. The smallest absolute Gasteiger partial charge is 0.153 e. The van der Waals surface area contributed by atoms with Gasteiger partial charge in [0.2, 0.25) is 0 Å². The number of furan rings is 1. The van der Waals surface area contributed by atoms with E-state index in [1.165, 1.54) is 0 Å². The van der Waals surface area contributed by atoms with Crippen molar-refractivity contribution < 1.29 is 4.42 Å². The van der Waals surface area contributed by atoms with Gasteiger partial charge in [-0.3, -0.25) is 0 Å². The Bertz CT molecular complexity index is 734. The Labute approximate surface area is 117 Å². The molecule has 6 heteroatoms. The lowest BCUT2D eigenvalue weighted by atomic mass is 10.2. The maximum absolute atomic E-state index is 6.22. The van der Waals surface area contributed by atoms with Gasteiger partial charge in [-0.25, -0.2) is 9.97 Å². The first-order chi connectivity index (χ1) is 8.59. The SMILES string of the molecule is Cc1nc(-c2ccco2)c2c(Br)c(Cl)n(C)c2n1. The lowest BCUT2D eigenvalue weighted by Crippen LogP contribution is -1.96. The molecule has 3 aromatic heterocycles. The van der Waals surface area contributed by atoms with Crippen molar-refractivity contribution in [2.75, 3.05) is 0 Å². The lowest BCUT2D eigenvalue weighted by molar-refractivity contribution is 0.580. The highest BCUT2D eigenvalue weighted by atomic mass is 79.9. The average Bonchev–Trinajstić information content (AvgIpc) is 2.94. The van der Waals surface area contributed by atoms with E-state index in [-0.39, 0.29) is 0 Å². The van der Waals surface area contributed by atoms with E-state index in [2.05, 4.69) is 25.9 Å². The van der Waals surface area contributed by atoms with Crippen molar-refractivity contribution in [1.82, 2.24) is 14.5 Å². The Balaban J connectivity index is 2.48. The van der Waals surface area contributed by atoms with Gasteiger partial charge < -0.3 is 8.98 Å². The molecule has 0 fully saturated rings. The molecule has 92 valence electrons. The van der Waals surface area contributed by atoms with Gasteiger partial charge in [0.25, 0.3) is 0 Å². The summed E-state index contributed by atoms with van der Waals surface area (Å²) in [7, 11) is 1.87. The van der Waals surface area contributed by atoms with E-state index in [0.29, 0.717) is 16.7 Å². The molecule has 0 aliphatic heterocycles. The van der Waals surface area contributed by atoms with Crippen molar-refractivity contribution in [2.24, 2.45) is 7.05 Å².